The number of oxime groups is 1. The van der Waals surface area contributed by atoms with E-state index in [9.17, 15) is 4.39 Å². The van der Waals surface area contributed by atoms with E-state index in [4.69, 9.17) is 20.4 Å². The van der Waals surface area contributed by atoms with E-state index in [0.717, 1.165) is 0 Å². The predicted octanol–water partition coefficient (Wildman–Crippen LogP) is 1.92. The minimum absolute atomic E-state index is 0.00809. The molecule has 0 atom stereocenters. The molecule has 0 fully saturated rings. The van der Waals surface area contributed by atoms with E-state index >= 15 is 0 Å². The first kappa shape index (κ1) is 14.1. The fourth-order valence-electron chi connectivity index (χ4n) is 1.35. The van der Waals surface area contributed by atoms with E-state index in [1.807, 2.05) is 6.92 Å². The number of amidine groups is 1. The summed E-state index contributed by atoms with van der Waals surface area (Å²) in [5, 5.41) is 11.5. The normalized spacial score (nSPS) is 11.3. The quantitative estimate of drug-likeness (QED) is 0.257. The zero-order valence-electron chi connectivity index (χ0n) is 10.2. The average Bonchev–Trinajstić information content (AvgIpc) is 2.40. The smallest absolute Gasteiger partial charge is 0.170 e. The van der Waals surface area contributed by atoms with Gasteiger partial charge in [0.1, 0.15) is 0 Å². The summed E-state index contributed by atoms with van der Waals surface area (Å²) in [7, 11) is 0. The van der Waals surface area contributed by atoms with E-state index in [0.29, 0.717) is 30.1 Å². The Labute approximate surface area is 105 Å². The van der Waals surface area contributed by atoms with Gasteiger partial charge in [0.15, 0.2) is 17.3 Å². The van der Waals surface area contributed by atoms with Gasteiger partial charge in [0.2, 0.25) is 0 Å². The van der Waals surface area contributed by atoms with Crippen LogP contribution in [-0.4, -0.2) is 30.9 Å². The van der Waals surface area contributed by atoms with Crippen molar-refractivity contribution in [2.75, 3.05) is 19.9 Å². The minimum atomic E-state index is -0.424. The number of nitrogens with zero attached hydrogens (tertiary/aromatic N) is 1. The van der Waals surface area contributed by atoms with Crippen LogP contribution >= 0.6 is 0 Å². The highest BCUT2D eigenvalue weighted by atomic mass is 19.1. The van der Waals surface area contributed by atoms with E-state index in [-0.39, 0.29) is 12.4 Å². The van der Waals surface area contributed by atoms with Crippen LogP contribution in [0.2, 0.25) is 0 Å². The molecule has 0 unspecified atom stereocenters. The van der Waals surface area contributed by atoms with Crippen molar-refractivity contribution in [3.8, 4) is 11.5 Å². The molecule has 0 aliphatic rings. The Hall–Kier alpha value is -1.98. The zero-order valence-corrected chi connectivity index (χ0v) is 10.2. The largest absolute Gasteiger partial charge is 0.490 e. The molecule has 0 saturated heterocycles. The number of nitrogens with two attached hydrogens (primary N) is 1. The molecule has 0 saturated carbocycles. The van der Waals surface area contributed by atoms with Crippen molar-refractivity contribution in [2.45, 2.75) is 13.3 Å². The molecule has 100 valence electrons. The molecular formula is C12H17FN2O3. The first-order valence-corrected chi connectivity index (χ1v) is 5.66. The Balaban J connectivity index is 2.89. The predicted molar refractivity (Wildman–Crippen MR) is 66.2 cm³/mol. The SMILES string of the molecule is CCOc1cc(/C(N)=N/O)ccc1OCCCF. The second-order valence-electron chi connectivity index (χ2n) is 3.47. The van der Waals surface area contributed by atoms with Gasteiger partial charge in [-0.15, -0.1) is 0 Å². The van der Waals surface area contributed by atoms with E-state index in [2.05, 4.69) is 5.16 Å². The lowest BCUT2D eigenvalue weighted by Crippen LogP contribution is -2.13. The summed E-state index contributed by atoms with van der Waals surface area (Å²) in [6.45, 7) is 2.15. The van der Waals surface area contributed by atoms with Gasteiger partial charge in [-0.1, -0.05) is 5.16 Å². The van der Waals surface area contributed by atoms with E-state index in [1.54, 1.807) is 18.2 Å². The molecular weight excluding hydrogens is 239 g/mol. The molecule has 0 amide bonds. The fraction of sp³-hybridized carbons (Fsp3) is 0.417. The van der Waals surface area contributed by atoms with Crippen LogP contribution in [0.25, 0.3) is 0 Å². The lowest BCUT2D eigenvalue weighted by Gasteiger charge is -2.12. The third-order valence-corrected chi connectivity index (χ3v) is 2.18. The van der Waals surface area contributed by atoms with Gasteiger partial charge >= 0.3 is 0 Å². The first-order chi connectivity index (χ1) is 8.72. The van der Waals surface area contributed by atoms with Crippen molar-refractivity contribution < 1.29 is 19.1 Å². The van der Waals surface area contributed by atoms with E-state index < -0.39 is 6.67 Å². The molecule has 0 aromatic heterocycles. The minimum Gasteiger partial charge on any atom is -0.490 e. The Morgan fingerprint density at radius 1 is 1.39 bits per heavy atom. The van der Waals surface area contributed by atoms with Gasteiger partial charge in [0.05, 0.1) is 19.9 Å². The molecule has 1 aromatic carbocycles. The second-order valence-corrected chi connectivity index (χ2v) is 3.47. The molecule has 0 aliphatic carbocycles. The molecule has 1 aromatic rings. The average molecular weight is 256 g/mol. The lowest BCUT2D eigenvalue weighted by molar-refractivity contribution is 0.262. The van der Waals surface area contributed by atoms with Crippen LogP contribution in [-0.2, 0) is 0 Å². The topological polar surface area (TPSA) is 77.1 Å². The van der Waals surface area contributed by atoms with Crippen LogP contribution in [0.5, 0.6) is 11.5 Å². The van der Waals surface area contributed by atoms with Crippen molar-refractivity contribution in [2.24, 2.45) is 10.9 Å². The van der Waals surface area contributed by atoms with Gasteiger partial charge in [-0.25, -0.2) is 0 Å². The Bertz CT molecular complexity index is 410. The molecule has 1 rings (SSSR count). The first-order valence-electron chi connectivity index (χ1n) is 5.66. The molecule has 6 heteroatoms. The van der Waals surface area contributed by atoms with Gasteiger partial charge in [-0.05, 0) is 25.1 Å². The second kappa shape index (κ2) is 7.37. The number of rotatable bonds is 7. The molecule has 0 heterocycles. The maximum atomic E-state index is 12.0. The van der Waals surface area contributed by atoms with Crippen molar-refractivity contribution in [3.63, 3.8) is 0 Å². The Morgan fingerprint density at radius 2 is 2.17 bits per heavy atom. The van der Waals surface area contributed by atoms with Crippen LogP contribution in [0.15, 0.2) is 23.4 Å². The molecule has 0 radical (unpaired) electrons. The van der Waals surface area contributed by atoms with Crippen molar-refractivity contribution >= 4 is 5.84 Å². The third kappa shape index (κ3) is 3.80. The highest BCUT2D eigenvalue weighted by Gasteiger charge is 2.08. The van der Waals surface area contributed by atoms with Crippen molar-refractivity contribution in [3.05, 3.63) is 23.8 Å². The van der Waals surface area contributed by atoms with Crippen LogP contribution in [0, 0.1) is 0 Å². The Kier molecular flexibility index (Phi) is 5.76. The molecule has 18 heavy (non-hydrogen) atoms. The molecule has 0 bridgehead atoms. The van der Waals surface area contributed by atoms with Crippen LogP contribution in [0.4, 0.5) is 4.39 Å². The standard InChI is InChI=1S/C12H17FN2O3/c1-2-17-11-8-9(12(14)15-16)4-5-10(11)18-7-3-6-13/h4-5,8,16H,2-3,6-7H2,1H3,(H2,14,15). The molecule has 0 aliphatic heterocycles. The van der Waals surface area contributed by atoms with E-state index in [1.165, 1.54) is 0 Å². The van der Waals surface area contributed by atoms with Gasteiger partial charge in [0, 0.05) is 12.0 Å². The van der Waals surface area contributed by atoms with Gasteiger partial charge < -0.3 is 20.4 Å². The van der Waals surface area contributed by atoms with Crippen LogP contribution in [0.1, 0.15) is 18.9 Å². The summed E-state index contributed by atoms with van der Waals surface area (Å²) in [6, 6.07) is 4.91. The van der Waals surface area contributed by atoms with Gasteiger partial charge in [-0.3, -0.25) is 4.39 Å². The summed E-state index contributed by atoms with van der Waals surface area (Å²) in [5.41, 5.74) is 6.01. The Morgan fingerprint density at radius 3 is 2.78 bits per heavy atom. The number of benzene rings is 1. The fourth-order valence-corrected chi connectivity index (χ4v) is 1.35. The number of alkyl halides is 1. The highest BCUT2D eigenvalue weighted by Crippen LogP contribution is 2.28. The summed E-state index contributed by atoms with van der Waals surface area (Å²) < 4.78 is 22.8. The maximum Gasteiger partial charge on any atom is 0.170 e. The van der Waals surface area contributed by atoms with Crippen molar-refractivity contribution in [1.29, 1.82) is 0 Å². The number of ether oxygens (including phenoxy) is 2. The van der Waals surface area contributed by atoms with Gasteiger partial charge in [0.25, 0.3) is 0 Å². The summed E-state index contributed by atoms with van der Waals surface area (Å²) >= 11 is 0. The summed E-state index contributed by atoms with van der Waals surface area (Å²) in [6.07, 6.45) is 0.327. The third-order valence-electron chi connectivity index (χ3n) is 2.18. The molecule has 3 N–H and O–H groups in total. The highest BCUT2D eigenvalue weighted by molar-refractivity contribution is 5.97. The number of hydrogen-bond donors (Lipinski definition) is 2. The maximum absolute atomic E-state index is 12.0. The number of halogens is 1. The molecule has 0 spiro atoms. The van der Waals surface area contributed by atoms with Crippen molar-refractivity contribution in [1.82, 2.24) is 0 Å². The zero-order chi connectivity index (χ0) is 13.4. The lowest BCUT2D eigenvalue weighted by atomic mass is 10.2. The summed E-state index contributed by atoms with van der Waals surface area (Å²) in [5.74, 6) is 0.992. The summed E-state index contributed by atoms with van der Waals surface area (Å²) in [4.78, 5) is 0. The monoisotopic (exact) mass is 256 g/mol. The van der Waals surface area contributed by atoms with Crippen LogP contribution in [0.3, 0.4) is 0 Å². The van der Waals surface area contributed by atoms with Gasteiger partial charge in [-0.2, -0.15) is 0 Å². The number of hydrogen-bond acceptors (Lipinski definition) is 4. The molecule has 5 nitrogen and oxygen atoms in total. The van der Waals surface area contributed by atoms with Crippen LogP contribution < -0.4 is 15.2 Å².